The average Bonchev–Trinajstić information content (AvgIpc) is 2.78. The first kappa shape index (κ1) is 16.7. The highest BCUT2D eigenvalue weighted by molar-refractivity contribution is 7.18. The molecule has 1 aromatic heterocycles. The van der Waals surface area contributed by atoms with Crippen molar-refractivity contribution in [2.24, 2.45) is 0 Å². The first-order chi connectivity index (χ1) is 9.40. The molecule has 1 amide bonds. The van der Waals surface area contributed by atoms with E-state index < -0.39 is 0 Å². The van der Waals surface area contributed by atoms with Gasteiger partial charge in [-0.25, -0.2) is 4.98 Å². The number of likely N-dealkylation sites (N-methyl/N-ethyl adjacent to an activating group) is 2. The van der Waals surface area contributed by atoms with E-state index in [1.165, 1.54) is 11.3 Å². The molecule has 0 radical (unpaired) electrons. The Morgan fingerprint density at radius 2 is 1.80 bits per heavy atom. The lowest BCUT2D eigenvalue weighted by Gasteiger charge is -2.19. The Kier molecular flexibility index (Phi) is 6.22. The van der Waals surface area contributed by atoms with Gasteiger partial charge in [-0.05, 0) is 27.9 Å². The van der Waals surface area contributed by atoms with Crippen LogP contribution in [0.3, 0.4) is 0 Å². The van der Waals surface area contributed by atoms with E-state index in [0.29, 0.717) is 17.2 Å². The first-order valence-corrected chi connectivity index (χ1v) is 7.63. The van der Waals surface area contributed by atoms with E-state index >= 15 is 0 Å². The van der Waals surface area contributed by atoms with Crippen molar-refractivity contribution in [3.63, 3.8) is 0 Å². The molecule has 0 aliphatic heterocycles. The zero-order valence-electron chi connectivity index (χ0n) is 13.0. The average molecular weight is 299 g/mol. The Balaban J connectivity index is 2.83. The Hall–Kier alpha value is -1.34. The molecule has 0 aliphatic carbocycles. The molecular weight excluding hydrogens is 274 g/mol. The van der Waals surface area contributed by atoms with Crippen LogP contribution in [-0.4, -0.2) is 68.0 Å². The van der Waals surface area contributed by atoms with Gasteiger partial charge < -0.3 is 20.4 Å². The number of hydrogen-bond donors (Lipinski definition) is 1. The third kappa shape index (κ3) is 4.08. The van der Waals surface area contributed by atoms with Gasteiger partial charge in [0.25, 0.3) is 5.91 Å². The maximum Gasteiger partial charge on any atom is 0.267 e. The minimum atomic E-state index is -0.0553. The summed E-state index contributed by atoms with van der Waals surface area (Å²) in [6, 6.07) is 0. The van der Waals surface area contributed by atoms with Crippen LogP contribution >= 0.6 is 11.3 Å². The number of amides is 1. The number of thiazole rings is 1. The second-order valence-corrected chi connectivity index (χ2v) is 5.89. The van der Waals surface area contributed by atoms with Crippen LogP contribution in [0.25, 0.3) is 0 Å². The summed E-state index contributed by atoms with van der Waals surface area (Å²) in [6.45, 7) is 7.33. The minimum absolute atomic E-state index is 0.0553. The fourth-order valence-electron chi connectivity index (χ4n) is 1.73. The van der Waals surface area contributed by atoms with Crippen molar-refractivity contribution in [3.8, 4) is 0 Å². The smallest absolute Gasteiger partial charge is 0.267 e. The Labute approximate surface area is 125 Å². The van der Waals surface area contributed by atoms with E-state index in [4.69, 9.17) is 5.73 Å². The summed E-state index contributed by atoms with van der Waals surface area (Å²) < 4.78 is 0. The van der Waals surface area contributed by atoms with Gasteiger partial charge >= 0.3 is 0 Å². The quantitative estimate of drug-likeness (QED) is 0.819. The normalized spacial score (nSPS) is 10.9. The summed E-state index contributed by atoms with van der Waals surface area (Å²) in [5.74, 6) is 0.277. The van der Waals surface area contributed by atoms with Crippen molar-refractivity contribution in [2.45, 2.75) is 13.8 Å². The summed E-state index contributed by atoms with van der Waals surface area (Å²) >= 11 is 1.37. The van der Waals surface area contributed by atoms with Crippen LogP contribution in [-0.2, 0) is 0 Å². The molecule has 0 fully saturated rings. The largest absolute Gasteiger partial charge is 0.382 e. The van der Waals surface area contributed by atoms with Gasteiger partial charge in [0.2, 0.25) is 0 Å². The summed E-state index contributed by atoms with van der Waals surface area (Å²) in [4.78, 5) is 23.0. The number of nitrogen functional groups attached to an aromatic ring is 1. The lowest BCUT2D eigenvalue weighted by Crippen LogP contribution is -2.33. The van der Waals surface area contributed by atoms with E-state index in [9.17, 15) is 4.79 Å². The highest BCUT2D eigenvalue weighted by Crippen LogP contribution is 2.28. The van der Waals surface area contributed by atoms with Gasteiger partial charge in [0.15, 0.2) is 5.13 Å². The van der Waals surface area contributed by atoms with Crippen molar-refractivity contribution in [2.75, 3.05) is 58.0 Å². The van der Waals surface area contributed by atoms with E-state index in [0.717, 1.165) is 24.8 Å². The number of carbonyl (C=O) groups excluding carboxylic acids is 1. The standard InChI is InChI=1S/C13H25N5OS/c1-6-18(7-2)13-15-11(14)10(20-13)12(19)17(5)9-8-16(3)4/h6-9,14H2,1-5H3. The molecule has 1 heterocycles. The lowest BCUT2D eigenvalue weighted by molar-refractivity contribution is 0.0792. The van der Waals surface area contributed by atoms with Gasteiger partial charge in [0.1, 0.15) is 10.7 Å². The van der Waals surface area contributed by atoms with Crippen molar-refractivity contribution in [3.05, 3.63) is 4.88 Å². The Bertz CT molecular complexity index is 442. The van der Waals surface area contributed by atoms with E-state index in [2.05, 4.69) is 23.7 Å². The summed E-state index contributed by atoms with van der Waals surface area (Å²) in [5.41, 5.74) is 5.90. The summed E-state index contributed by atoms with van der Waals surface area (Å²) in [5, 5.41) is 0.817. The summed E-state index contributed by atoms with van der Waals surface area (Å²) in [7, 11) is 5.76. The van der Waals surface area contributed by atoms with Crippen molar-refractivity contribution in [1.82, 2.24) is 14.8 Å². The maximum atomic E-state index is 12.4. The fourth-order valence-corrected chi connectivity index (χ4v) is 2.83. The molecule has 20 heavy (non-hydrogen) atoms. The van der Waals surface area contributed by atoms with Crippen molar-refractivity contribution >= 4 is 28.2 Å². The van der Waals surface area contributed by atoms with Gasteiger partial charge in [-0.3, -0.25) is 4.79 Å². The van der Waals surface area contributed by atoms with E-state index in [-0.39, 0.29) is 5.91 Å². The number of anilines is 2. The van der Waals surface area contributed by atoms with Crippen LogP contribution < -0.4 is 10.6 Å². The topological polar surface area (TPSA) is 65.7 Å². The van der Waals surface area contributed by atoms with Gasteiger partial charge in [-0.15, -0.1) is 0 Å². The van der Waals surface area contributed by atoms with Crippen molar-refractivity contribution < 1.29 is 4.79 Å². The van der Waals surface area contributed by atoms with Crippen LogP contribution in [0.4, 0.5) is 10.9 Å². The second kappa shape index (κ2) is 7.44. The van der Waals surface area contributed by atoms with Gasteiger partial charge in [-0.1, -0.05) is 11.3 Å². The lowest BCUT2D eigenvalue weighted by atomic mass is 10.4. The highest BCUT2D eigenvalue weighted by Gasteiger charge is 2.21. The molecule has 2 N–H and O–H groups in total. The molecule has 0 bridgehead atoms. The van der Waals surface area contributed by atoms with Gasteiger partial charge in [-0.2, -0.15) is 0 Å². The van der Waals surface area contributed by atoms with Crippen LogP contribution in [0.5, 0.6) is 0 Å². The number of hydrogen-bond acceptors (Lipinski definition) is 6. The minimum Gasteiger partial charge on any atom is -0.382 e. The predicted molar refractivity (Wildman–Crippen MR) is 85.6 cm³/mol. The molecule has 7 heteroatoms. The van der Waals surface area contributed by atoms with Crippen molar-refractivity contribution in [1.29, 1.82) is 0 Å². The third-order valence-electron chi connectivity index (χ3n) is 3.10. The van der Waals surface area contributed by atoms with Gasteiger partial charge in [0, 0.05) is 33.2 Å². The van der Waals surface area contributed by atoms with E-state index in [1.54, 1.807) is 11.9 Å². The monoisotopic (exact) mass is 299 g/mol. The number of nitrogens with two attached hydrogens (primary N) is 1. The number of aromatic nitrogens is 1. The molecule has 0 unspecified atom stereocenters. The molecule has 0 aliphatic rings. The summed E-state index contributed by atoms with van der Waals surface area (Å²) in [6.07, 6.45) is 0. The van der Waals surface area contributed by atoms with Crippen LogP contribution in [0.15, 0.2) is 0 Å². The van der Waals surface area contributed by atoms with Crippen LogP contribution in [0, 0.1) is 0 Å². The zero-order chi connectivity index (χ0) is 15.3. The highest BCUT2D eigenvalue weighted by atomic mass is 32.1. The fraction of sp³-hybridized carbons (Fsp3) is 0.692. The first-order valence-electron chi connectivity index (χ1n) is 6.82. The maximum absolute atomic E-state index is 12.4. The molecule has 0 atom stereocenters. The number of nitrogens with zero attached hydrogens (tertiary/aromatic N) is 4. The molecule has 0 saturated heterocycles. The molecule has 1 rings (SSSR count). The molecule has 0 spiro atoms. The predicted octanol–water partition coefficient (Wildman–Crippen LogP) is 1.21. The number of rotatable bonds is 7. The molecular formula is C13H25N5OS. The zero-order valence-corrected chi connectivity index (χ0v) is 13.8. The van der Waals surface area contributed by atoms with Crippen LogP contribution in [0.1, 0.15) is 23.5 Å². The van der Waals surface area contributed by atoms with Crippen LogP contribution in [0.2, 0.25) is 0 Å². The molecule has 0 saturated carbocycles. The SMILES string of the molecule is CCN(CC)c1nc(N)c(C(=O)N(C)CCN(C)C)s1. The number of carbonyl (C=O) groups is 1. The molecule has 6 nitrogen and oxygen atoms in total. The Morgan fingerprint density at radius 3 is 2.30 bits per heavy atom. The second-order valence-electron chi connectivity index (χ2n) is 4.91. The van der Waals surface area contributed by atoms with Gasteiger partial charge in [0.05, 0.1) is 0 Å². The molecule has 114 valence electrons. The Morgan fingerprint density at radius 1 is 1.20 bits per heavy atom. The third-order valence-corrected chi connectivity index (χ3v) is 4.22. The molecule has 0 aromatic carbocycles. The molecule has 1 aromatic rings. The van der Waals surface area contributed by atoms with E-state index in [1.807, 2.05) is 19.0 Å².